The van der Waals surface area contributed by atoms with Gasteiger partial charge in [-0.15, -0.1) is 6.58 Å². The van der Waals surface area contributed by atoms with Gasteiger partial charge in [0.15, 0.2) is 5.78 Å². The van der Waals surface area contributed by atoms with E-state index in [1.165, 1.54) is 13.0 Å². The minimum absolute atomic E-state index is 0.0206. The first-order valence-electron chi connectivity index (χ1n) is 5.83. The number of carbonyl (C=O) groups excluding carboxylic acids is 1. The van der Waals surface area contributed by atoms with Gasteiger partial charge in [0.1, 0.15) is 5.92 Å². The molecule has 98 valence electrons. The molecule has 0 radical (unpaired) electrons. The van der Waals surface area contributed by atoms with Gasteiger partial charge >= 0.3 is 5.97 Å². The summed E-state index contributed by atoms with van der Waals surface area (Å²) in [6, 6.07) is -0.0206. The normalized spacial score (nSPS) is 25.2. The Labute approximate surface area is 105 Å². The van der Waals surface area contributed by atoms with Crippen LogP contribution in [0.4, 0.5) is 0 Å². The number of nitrogens with two attached hydrogens (primary N) is 1. The summed E-state index contributed by atoms with van der Waals surface area (Å²) >= 11 is 0. The average Bonchev–Trinajstić information content (AvgIpc) is 2.76. The summed E-state index contributed by atoms with van der Waals surface area (Å²) in [5.41, 5.74) is 6.94. The van der Waals surface area contributed by atoms with Crippen molar-refractivity contribution < 1.29 is 14.7 Å². The predicted octanol–water partition coefficient (Wildman–Crippen LogP) is -0.410. The maximum Gasteiger partial charge on any atom is 0.316 e. The van der Waals surface area contributed by atoms with E-state index in [1.54, 1.807) is 0 Å². The number of hydrogen-bond donors (Lipinski definition) is 2. The van der Waals surface area contributed by atoms with E-state index in [4.69, 9.17) is 5.73 Å². The van der Waals surface area contributed by atoms with Gasteiger partial charge in [-0.05, 0) is 6.92 Å². The summed E-state index contributed by atoms with van der Waals surface area (Å²) in [5.74, 6) is -1.96. The summed E-state index contributed by atoms with van der Waals surface area (Å²) in [6.45, 7) is 6.64. The van der Waals surface area contributed by atoms with Gasteiger partial charge in [-0.3, -0.25) is 9.59 Å². The summed E-state index contributed by atoms with van der Waals surface area (Å²) in [5, 5.41) is 13.0. The molecule has 2 atom stereocenters. The number of rotatable bonds is 4. The van der Waals surface area contributed by atoms with Crippen molar-refractivity contribution in [3.05, 3.63) is 23.9 Å². The number of fused-ring (bicyclic) bond motifs is 1. The molecule has 0 aromatic heterocycles. The molecule has 0 aromatic rings. The van der Waals surface area contributed by atoms with Gasteiger partial charge in [0.25, 0.3) is 0 Å². The lowest BCUT2D eigenvalue weighted by molar-refractivity contribution is -0.139. The monoisotopic (exact) mass is 251 g/mol. The first kappa shape index (κ1) is 12.8. The highest BCUT2D eigenvalue weighted by atomic mass is 16.4. The minimum Gasteiger partial charge on any atom is -0.481 e. The van der Waals surface area contributed by atoms with Crippen LogP contribution in [0, 0.1) is 5.92 Å². The molecular weight excluding hydrogens is 234 g/mol. The SMILES string of the molecule is C=CC(C(=O)O)C1=C(C(C)=O)CN2C[C@H](N)CN12. The van der Waals surface area contributed by atoms with Crippen LogP contribution < -0.4 is 5.73 Å². The van der Waals surface area contributed by atoms with Crippen LogP contribution in [0.25, 0.3) is 0 Å². The van der Waals surface area contributed by atoms with E-state index in [2.05, 4.69) is 6.58 Å². The molecule has 0 bridgehead atoms. The number of carboxylic acids is 1. The molecule has 2 aliphatic heterocycles. The fraction of sp³-hybridized carbons (Fsp3) is 0.500. The standard InChI is InChI=1S/C12H17N3O3/c1-3-9(12(17)18)11-10(7(2)16)6-14-4-8(13)5-15(11)14/h3,8-9H,1,4-6,13H2,2H3,(H,17,18)/t8-,9?/m0/s1. The van der Waals surface area contributed by atoms with Crippen molar-refractivity contribution in [2.75, 3.05) is 19.6 Å². The second-order valence-corrected chi connectivity index (χ2v) is 4.66. The molecule has 0 saturated carbocycles. The van der Waals surface area contributed by atoms with E-state index < -0.39 is 11.9 Å². The van der Waals surface area contributed by atoms with Gasteiger partial charge in [-0.2, -0.15) is 0 Å². The molecule has 0 spiro atoms. The van der Waals surface area contributed by atoms with Crippen LogP contribution >= 0.6 is 0 Å². The van der Waals surface area contributed by atoms with Crippen molar-refractivity contribution in [3.8, 4) is 0 Å². The summed E-state index contributed by atoms with van der Waals surface area (Å²) in [6.07, 6.45) is 1.36. The molecule has 2 aliphatic rings. The Morgan fingerprint density at radius 3 is 2.72 bits per heavy atom. The Bertz CT molecular complexity index is 444. The molecule has 2 rings (SSSR count). The topological polar surface area (TPSA) is 86.9 Å². The highest BCUT2D eigenvalue weighted by molar-refractivity contribution is 5.96. The van der Waals surface area contributed by atoms with Gasteiger partial charge in [-0.1, -0.05) is 6.08 Å². The number of Topliss-reactive ketones (excluding diaryl/α,β-unsaturated/α-hetero) is 1. The molecule has 0 aromatic carbocycles. The molecule has 0 aliphatic carbocycles. The van der Waals surface area contributed by atoms with Gasteiger partial charge in [0.2, 0.25) is 0 Å². The first-order chi connectivity index (χ1) is 8.45. The fourth-order valence-corrected chi connectivity index (χ4v) is 2.55. The van der Waals surface area contributed by atoms with Crippen molar-refractivity contribution in [1.82, 2.24) is 10.0 Å². The summed E-state index contributed by atoms with van der Waals surface area (Å²) in [4.78, 5) is 22.9. The zero-order valence-electron chi connectivity index (χ0n) is 10.3. The Balaban J connectivity index is 2.42. The van der Waals surface area contributed by atoms with Crippen LogP contribution in [-0.4, -0.2) is 52.6 Å². The van der Waals surface area contributed by atoms with Crippen LogP contribution in [0.15, 0.2) is 23.9 Å². The highest BCUT2D eigenvalue weighted by Gasteiger charge is 2.42. The third kappa shape index (κ3) is 1.93. The van der Waals surface area contributed by atoms with Gasteiger partial charge in [-0.25, -0.2) is 5.01 Å². The van der Waals surface area contributed by atoms with Gasteiger partial charge in [0, 0.05) is 24.7 Å². The van der Waals surface area contributed by atoms with Crippen LogP contribution in [0.3, 0.4) is 0 Å². The van der Waals surface area contributed by atoms with Crippen molar-refractivity contribution in [2.24, 2.45) is 11.7 Å². The smallest absolute Gasteiger partial charge is 0.316 e. The number of carbonyl (C=O) groups is 2. The molecule has 1 fully saturated rings. The third-order valence-electron chi connectivity index (χ3n) is 3.34. The molecule has 1 unspecified atom stereocenters. The van der Waals surface area contributed by atoms with Crippen LogP contribution in [-0.2, 0) is 9.59 Å². The average molecular weight is 251 g/mol. The maximum absolute atomic E-state index is 11.6. The van der Waals surface area contributed by atoms with E-state index in [9.17, 15) is 14.7 Å². The molecule has 0 amide bonds. The summed E-state index contributed by atoms with van der Waals surface area (Å²) < 4.78 is 0. The van der Waals surface area contributed by atoms with E-state index in [1.807, 2.05) is 10.0 Å². The lowest BCUT2D eigenvalue weighted by Gasteiger charge is -2.26. The minimum atomic E-state index is -0.999. The molecule has 2 heterocycles. The van der Waals surface area contributed by atoms with E-state index >= 15 is 0 Å². The number of hydrogen-bond acceptors (Lipinski definition) is 5. The third-order valence-corrected chi connectivity index (χ3v) is 3.34. The number of aliphatic carboxylic acids is 1. The quantitative estimate of drug-likeness (QED) is 0.660. The van der Waals surface area contributed by atoms with E-state index in [0.29, 0.717) is 30.9 Å². The Kier molecular flexibility index (Phi) is 3.23. The highest BCUT2D eigenvalue weighted by Crippen LogP contribution is 2.33. The molecule has 3 N–H and O–H groups in total. The molecule has 18 heavy (non-hydrogen) atoms. The molecule has 6 heteroatoms. The fourth-order valence-electron chi connectivity index (χ4n) is 2.55. The Morgan fingerprint density at radius 1 is 1.56 bits per heavy atom. The Hall–Kier alpha value is -1.66. The van der Waals surface area contributed by atoms with E-state index in [0.717, 1.165) is 0 Å². The van der Waals surface area contributed by atoms with Crippen LogP contribution in [0.1, 0.15) is 6.92 Å². The number of ketones is 1. The second-order valence-electron chi connectivity index (χ2n) is 4.66. The van der Waals surface area contributed by atoms with Crippen LogP contribution in [0.2, 0.25) is 0 Å². The zero-order valence-corrected chi connectivity index (χ0v) is 10.3. The zero-order chi connectivity index (χ0) is 13.4. The van der Waals surface area contributed by atoms with Crippen molar-refractivity contribution in [2.45, 2.75) is 13.0 Å². The van der Waals surface area contributed by atoms with E-state index in [-0.39, 0.29) is 11.8 Å². The number of carboxylic acid groups (broad SMARTS) is 1. The van der Waals surface area contributed by atoms with Crippen molar-refractivity contribution >= 4 is 11.8 Å². The van der Waals surface area contributed by atoms with Gasteiger partial charge in [0.05, 0.1) is 12.2 Å². The largest absolute Gasteiger partial charge is 0.481 e. The molecule has 1 saturated heterocycles. The predicted molar refractivity (Wildman–Crippen MR) is 65.3 cm³/mol. The van der Waals surface area contributed by atoms with Crippen molar-refractivity contribution in [3.63, 3.8) is 0 Å². The molecule has 6 nitrogen and oxygen atoms in total. The Morgan fingerprint density at radius 2 is 2.22 bits per heavy atom. The first-order valence-corrected chi connectivity index (χ1v) is 5.83. The second kappa shape index (κ2) is 4.55. The maximum atomic E-state index is 11.6. The number of nitrogens with zero attached hydrogens (tertiary/aromatic N) is 2. The van der Waals surface area contributed by atoms with Crippen LogP contribution in [0.5, 0.6) is 0 Å². The lowest BCUT2D eigenvalue weighted by atomic mass is 9.99. The van der Waals surface area contributed by atoms with Crippen molar-refractivity contribution in [1.29, 1.82) is 0 Å². The number of hydrazine groups is 1. The lowest BCUT2D eigenvalue weighted by Crippen LogP contribution is -2.34. The molecular formula is C12H17N3O3. The van der Waals surface area contributed by atoms with Gasteiger partial charge < -0.3 is 15.8 Å². The summed E-state index contributed by atoms with van der Waals surface area (Å²) in [7, 11) is 0.